The summed E-state index contributed by atoms with van der Waals surface area (Å²) in [6.45, 7) is 2.99. The van der Waals surface area contributed by atoms with Gasteiger partial charge in [0.15, 0.2) is 0 Å². The lowest BCUT2D eigenvalue weighted by Gasteiger charge is -2.17. The molecule has 0 aliphatic heterocycles. The third kappa shape index (κ3) is 3.21. The zero-order chi connectivity index (χ0) is 14.8. The lowest BCUT2D eigenvalue weighted by atomic mass is 10.0. The Bertz CT molecular complexity index is 721. The highest BCUT2D eigenvalue weighted by Gasteiger charge is 2.17. The monoisotopic (exact) mass is 383 g/mol. The average molecular weight is 384 g/mol. The Morgan fingerprint density at radius 3 is 2.90 bits per heavy atom. The van der Waals surface area contributed by atoms with E-state index in [0.717, 1.165) is 18.5 Å². The molecule has 0 amide bonds. The fourth-order valence-corrected chi connectivity index (χ4v) is 5.02. The van der Waals surface area contributed by atoms with Crippen molar-refractivity contribution in [1.29, 1.82) is 0 Å². The molecule has 5 heteroatoms. The van der Waals surface area contributed by atoms with Crippen LogP contribution in [0.5, 0.6) is 0 Å². The first-order valence-electron chi connectivity index (χ1n) is 6.82. The predicted octanol–water partition coefficient (Wildman–Crippen LogP) is 5.76. The molecule has 1 atom stereocenters. The summed E-state index contributed by atoms with van der Waals surface area (Å²) in [5.74, 6) is -0.199. The van der Waals surface area contributed by atoms with E-state index < -0.39 is 0 Å². The SMILES string of the molecule is CCNC(Cc1cccc(F)c1Br)c1cc2sccc2s1. The van der Waals surface area contributed by atoms with E-state index in [1.54, 1.807) is 17.4 Å². The zero-order valence-electron chi connectivity index (χ0n) is 11.5. The van der Waals surface area contributed by atoms with Gasteiger partial charge in [0, 0.05) is 20.3 Å². The second-order valence-corrected chi connectivity index (χ2v) is 7.68. The van der Waals surface area contributed by atoms with E-state index in [9.17, 15) is 4.39 Å². The molecule has 110 valence electrons. The normalized spacial score (nSPS) is 12.9. The Morgan fingerprint density at radius 1 is 1.29 bits per heavy atom. The van der Waals surface area contributed by atoms with E-state index in [4.69, 9.17) is 0 Å². The smallest absolute Gasteiger partial charge is 0.137 e. The number of likely N-dealkylation sites (N-methyl/N-ethyl adjacent to an activating group) is 1. The lowest BCUT2D eigenvalue weighted by Crippen LogP contribution is -2.22. The van der Waals surface area contributed by atoms with Crippen LogP contribution < -0.4 is 5.32 Å². The second-order valence-electron chi connectivity index (χ2n) is 4.83. The topological polar surface area (TPSA) is 12.0 Å². The zero-order valence-corrected chi connectivity index (χ0v) is 14.7. The molecule has 2 aromatic heterocycles. The summed E-state index contributed by atoms with van der Waals surface area (Å²) in [5, 5.41) is 5.64. The van der Waals surface area contributed by atoms with E-state index in [1.807, 2.05) is 17.4 Å². The Hall–Kier alpha value is -0.750. The van der Waals surface area contributed by atoms with Crippen LogP contribution in [0.25, 0.3) is 9.40 Å². The van der Waals surface area contributed by atoms with Crippen LogP contribution in [-0.4, -0.2) is 6.54 Å². The highest BCUT2D eigenvalue weighted by atomic mass is 79.9. The van der Waals surface area contributed by atoms with Crippen LogP contribution in [-0.2, 0) is 6.42 Å². The number of hydrogen-bond donors (Lipinski definition) is 1. The molecule has 1 aromatic carbocycles. The van der Waals surface area contributed by atoms with Crippen LogP contribution in [0.2, 0.25) is 0 Å². The average Bonchev–Trinajstić information content (AvgIpc) is 3.04. The molecule has 1 nitrogen and oxygen atoms in total. The molecule has 1 unspecified atom stereocenters. The summed E-state index contributed by atoms with van der Waals surface area (Å²) in [4.78, 5) is 1.31. The third-order valence-electron chi connectivity index (χ3n) is 3.41. The van der Waals surface area contributed by atoms with Crippen molar-refractivity contribution in [3.63, 3.8) is 0 Å². The number of rotatable bonds is 5. The molecule has 0 saturated heterocycles. The van der Waals surface area contributed by atoms with E-state index >= 15 is 0 Å². The lowest BCUT2D eigenvalue weighted by molar-refractivity contribution is 0.552. The second kappa shape index (κ2) is 6.57. The Kier molecular flexibility index (Phi) is 4.74. The molecule has 3 rings (SSSR count). The first-order chi connectivity index (χ1) is 10.2. The Labute approximate surface area is 139 Å². The van der Waals surface area contributed by atoms with Crippen LogP contribution in [0, 0.1) is 5.82 Å². The highest BCUT2D eigenvalue weighted by molar-refractivity contribution is 9.10. The van der Waals surface area contributed by atoms with Gasteiger partial charge in [0.05, 0.1) is 4.47 Å². The molecule has 1 N–H and O–H groups in total. The summed E-state index contributed by atoms with van der Waals surface area (Å²) >= 11 is 6.95. The van der Waals surface area contributed by atoms with Crippen molar-refractivity contribution in [2.24, 2.45) is 0 Å². The van der Waals surface area contributed by atoms with E-state index in [-0.39, 0.29) is 11.9 Å². The molecule has 0 aliphatic carbocycles. The van der Waals surface area contributed by atoms with Crippen LogP contribution in [0.1, 0.15) is 23.4 Å². The van der Waals surface area contributed by atoms with Crippen LogP contribution in [0.3, 0.4) is 0 Å². The maximum absolute atomic E-state index is 13.7. The van der Waals surface area contributed by atoms with E-state index in [2.05, 4.69) is 45.7 Å². The summed E-state index contributed by atoms with van der Waals surface area (Å²) in [6.07, 6.45) is 0.778. The maximum atomic E-state index is 13.7. The first-order valence-corrected chi connectivity index (χ1v) is 9.31. The number of fused-ring (bicyclic) bond motifs is 1. The molecular weight excluding hydrogens is 369 g/mol. The fraction of sp³-hybridized carbons (Fsp3) is 0.250. The van der Waals surface area contributed by atoms with Gasteiger partial charge in [-0.1, -0.05) is 19.1 Å². The largest absolute Gasteiger partial charge is 0.309 e. The van der Waals surface area contributed by atoms with Crippen molar-refractivity contribution in [3.8, 4) is 0 Å². The van der Waals surface area contributed by atoms with Gasteiger partial charge < -0.3 is 5.32 Å². The standard InChI is InChI=1S/C16H15BrFNS2/c1-2-19-12(8-10-4-3-5-11(18)16(10)17)14-9-15-13(21-14)6-7-20-15/h3-7,9,12,19H,2,8H2,1H3. The minimum atomic E-state index is -0.199. The summed E-state index contributed by atoms with van der Waals surface area (Å²) < 4.78 is 16.9. The maximum Gasteiger partial charge on any atom is 0.137 e. The molecule has 0 fully saturated rings. The summed E-state index contributed by atoms with van der Waals surface area (Å²) in [6, 6.07) is 9.87. The van der Waals surface area contributed by atoms with Gasteiger partial charge in [0.1, 0.15) is 5.82 Å². The van der Waals surface area contributed by atoms with Crippen molar-refractivity contribution in [1.82, 2.24) is 5.32 Å². The Balaban J connectivity index is 1.90. The van der Waals surface area contributed by atoms with Crippen LogP contribution in [0.15, 0.2) is 40.2 Å². The van der Waals surface area contributed by atoms with Gasteiger partial charge in [-0.2, -0.15) is 0 Å². The van der Waals surface area contributed by atoms with Crippen LogP contribution in [0.4, 0.5) is 4.39 Å². The van der Waals surface area contributed by atoms with Gasteiger partial charge in [0.25, 0.3) is 0 Å². The summed E-state index contributed by atoms with van der Waals surface area (Å²) in [5.41, 5.74) is 0.998. The molecule has 0 radical (unpaired) electrons. The van der Waals surface area contributed by atoms with Gasteiger partial charge in [-0.3, -0.25) is 0 Å². The number of thiophene rings is 2. The van der Waals surface area contributed by atoms with Gasteiger partial charge in [-0.25, -0.2) is 4.39 Å². The van der Waals surface area contributed by atoms with Crippen molar-refractivity contribution < 1.29 is 4.39 Å². The van der Waals surface area contributed by atoms with Crippen molar-refractivity contribution in [2.75, 3.05) is 6.54 Å². The van der Waals surface area contributed by atoms with E-state index in [0.29, 0.717) is 4.47 Å². The van der Waals surface area contributed by atoms with Gasteiger partial charge in [-0.15, -0.1) is 22.7 Å². The van der Waals surface area contributed by atoms with Gasteiger partial charge >= 0.3 is 0 Å². The molecule has 21 heavy (non-hydrogen) atoms. The van der Waals surface area contributed by atoms with Gasteiger partial charge in [-0.05, 0) is 58.0 Å². The fourth-order valence-electron chi connectivity index (χ4n) is 2.40. The van der Waals surface area contributed by atoms with Crippen molar-refractivity contribution in [2.45, 2.75) is 19.4 Å². The van der Waals surface area contributed by atoms with E-state index in [1.165, 1.54) is 20.3 Å². The molecule has 3 aromatic rings. The summed E-state index contributed by atoms with van der Waals surface area (Å²) in [7, 11) is 0. The van der Waals surface area contributed by atoms with Crippen LogP contribution >= 0.6 is 38.6 Å². The first kappa shape index (κ1) is 15.2. The van der Waals surface area contributed by atoms with Crippen molar-refractivity contribution >= 4 is 48.0 Å². The third-order valence-corrected chi connectivity index (χ3v) is 6.50. The number of hydrogen-bond acceptors (Lipinski definition) is 3. The molecule has 0 spiro atoms. The minimum absolute atomic E-state index is 0.199. The van der Waals surface area contributed by atoms with Crippen molar-refractivity contribution in [3.05, 3.63) is 56.4 Å². The molecule has 2 heterocycles. The molecule has 0 saturated carbocycles. The minimum Gasteiger partial charge on any atom is -0.309 e. The number of nitrogens with one attached hydrogen (secondary N) is 1. The molecular formula is C16H15BrFNS2. The predicted molar refractivity (Wildman–Crippen MR) is 93.9 cm³/mol. The molecule has 0 aliphatic rings. The Morgan fingerprint density at radius 2 is 2.14 bits per heavy atom. The quantitative estimate of drug-likeness (QED) is 0.590. The number of halogens is 2. The number of benzene rings is 1. The van der Waals surface area contributed by atoms with Gasteiger partial charge in [0.2, 0.25) is 0 Å². The molecule has 0 bridgehead atoms. The highest BCUT2D eigenvalue weighted by Crippen LogP contribution is 2.35.